The predicted octanol–water partition coefficient (Wildman–Crippen LogP) is 2.19. The van der Waals surface area contributed by atoms with Gasteiger partial charge in [0.2, 0.25) is 10.0 Å². The molecule has 7 heteroatoms. The lowest BCUT2D eigenvalue weighted by Crippen LogP contribution is -2.44. The molecule has 1 heterocycles. The minimum atomic E-state index is -3.61. The Morgan fingerprint density at radius 1 is 1.20 bits per heavy atom. The first-order valence-electron chi connectivity index (χ1n) is 7.95. The molecule has 1 aliphatic heterocycles. The van der Waals surface area contributed by atoms with Crippen molar-refractivity contribution in [3.8, 4) is 5.75 Å². The fraction of sp³-hybridized carbons (Fsp3) is 0.278. The molecule has 6 nitrogen and oxygen atoms in total. The molecule has 0 aromatic heterocycles. The van der Waals surface area contributed by atoms with Crippen molar-refractivity contribution in [3.05, 3.63) is 59.7 Å². The lowest BCUT2D eigenvalue weighted by atomic mass is 9.98. The molecule has 1 N–H and O–H groups in total. The number of methoxy groups -OCH3 is 1. The summed E-state index contributed by atoms with van der Waals surface area (Å²) in [5.74, 6) is 0.457. The standard InChI is InChI=1S/C18H20N2O4S/c1-19-18(21)13-6-8-16(9-7-13)25(22,23)20-11-10-17(20)14-4-3-5-15(12-14)24-2/h3-9,12,17H,10-11H2,1-2H3,(H,19,21). The Morgan fingerprint density at radius 2 is 1.92 bits per heavy atom. The van der Waals surface area contributed by atoms with Crippen molar-refractivity contribution in [1.82, 2.24) is 9.62 Å². The van der Waals surface area contributed by atoms with Gasteiger partial charge in [-0.05, 0) is 48.4 Å². The van der Waals surface area contributed by atoms with E-state index in [-0.39, 0.29) is 16.8 Å². The highest BCUT2D eigenvalue weighted by Crippen LogP contribution is 2.39. The van der Waals surface area contributed by atoms with Crippen molar-refractivity contribution >= 4 is 15.9 Å². The van der Waals surface area contributed by atoms with Crippen LogP contribution in [-0.2, 0) is 10.0 Å². The van der Waals surface area contributed by atoms with E-state index in [2.05, 4.69) is 5.32 Å². The van der Waals surface area contributed by atoms with Gasteiger partial charge in [-0.1, -0.05) is 12.1 Å². The van der Waals surface area contributed by atoms with Crippen LogP contribution in [0.2, 0.25) is 0 Å². The van der Waals surface area contributed by atoms with Gasteiger partial charge in [0.15, 0.2) is 0 Å². The molecule has 1 atom stereocenters. The quantitative estimate of drug-likeness (QED) is 0.887. The molecule has 132 valence electrons. The van der Waals surface area contributed by atoms with E-state index in [0.29, 0.717) is 17.9 Å². The molecule has 1 saturated heterocycles. The summed E-state index contributed by atoms with van der Waals surface area (Å²) in [5.41, 5.74) is 1.34. The van der Waals surface area contributed by atoms with Gasteiger partial charge in [0.05, 0.1) is 18.0 Å². The maximum Gasteiger partial charge on any atom is 0.251 e. The molecule has 2 aromatic carbocycles. The molecule has 0 spiro atoms. The van der Waals surface area contributed by atoms with Gasteiger partial charge in [-0.15, -0.1) is 0 Å². The van der Waals surface area contributed by atoms with E-state index in [0.717, 1.165) is 12.0 Å². The van der Waals surface area contributed by atoms with E-state index in [1.54, 1.807) is 7.11 Å². The zero-order chi connectivity index (χ0) is 18.0. The van der Waals surface area contributed by atoms with Gasteiger partial charge in [-0.25, -0.2) is 8.42 Å². The average molecular weight is 360 g/mol. The fourth-order valence-corrected chi connectivity index (χ4v) is 4.55. The topological polar surface area (TPSA) is 75.7 Å². The van der Waals surface area contributed by atoms with Gasteiger partial charge < -0.3 is 10.1 Å². The number of rotatable bonds is 5. The Labute approximate surface area is 147 Å². The van der Waals surface area contributed by atoms with Gasteiger partial charge in [-0.3, -0.25) is 4.79 Å². The van der Waals surface area contributed by atoms with Gasteiger partial charge in [0.1, 0.15) is 5.75 Å². The van der Waals surface area contributed by atoms with E-state index in [4.69, 9.17) is 4.74 Å². The number of amides is 1. The average Bonchev–Trinajstić information content (AvgIpc) is 2.60. The Hall–Kier alpha value is -2.38. The van der Waals surface area contributed by atoms with Gasteiger partial charge in [0.25, 0.3) is 5.91 Å². The van der Waals surface area contributed by atoms with Crippen LogP contribution in [0.15, 0.2) is 53.4 Å². The van der Waals surface area contributed by atoms with E-state index >= 15 is 0 Å². The molecule has 1 fully saturated rings. The zero-order valence-electron chi connectivity index (χ0n) is 14.1. The first-order valence-corrected chi connectivity index (χ1v) is 9.39. The number of benzene rings is 2. The molecule has 3 rings (SSSR count). The number of hydrogen-bond acceptors (Lipinski definition) is 4. The normalized spacial score (nSPS) is 17.6. The lowest BCUT2D eigenvalue weighted by Gasteiger charge is -2.40. The molecule has 0 bridgehead atoms. The van der Waals surface area contributed by atoms with Crippen molar-refractivity contribution < 1.29 is 17.9 Å². The highest BCUT2D eigenvalue weighted by molar-refractivity contribution is 7.89. The van der Waals surface area contributed by atoms with Crippen LogP contribution in [0.25, 0.3) is 0 Å². The van der Waals surface area contributed by atoms with E-state index < -0.39 is 10.0 Å². The molecule has 1 aliphatic rings. The van der Waals surface area contributed by atoms with E-state index in [1.165, 1.54) is 35.6 Å². The van der Waals surface area contributed by atoms with Gasteiger partial charge >= 0.3 is 0 Å². The highest BCUT2D eigenvalue weighted by Gasteiger charge is 2.39. The monoisotopic (exact) mass is 360 g/mol. The number of nitrogens with one attached hydrogen (secondary N) is 1. The molecule has 0 radical (unpaired) electrons. The van der Waals surface area contributed by atoms with Crippen LogP contribution >= 0.6 is 0 Å². The van der Waals surface area contributed by atoms with Crippen LogP contribution in [0, 0.1) is 0 Å². The number of sulfonamides is 1. The third-order valence-corrected chi connectivity index (χ3v) is 6.32. The number of nitrogens with zero attached hydrogens (tertiary/aromatic N) is 1. The molecular formula is C18H20N2O4S. The van der Waals surface area contributed by atoms with E-state index in [9.17, 15) is 13.2 Å². The Bertz CT molecular complexity index is 878. The van der Waals surface area contributed by atoms with Crippen LogP contribution in [0.4, 0.5) is 0 Å². The largest absolute Gasteiger partial charge is 0.497 e. The molecule has 2 aromatic rings. The summed E-state index contributed by atoms with van der Waals surface area (Å²) >= 11 is 0. The minimum Gasteiger partial charge on any atom is -0.497 e. The van der Waals surface area contributed by atoms with Crippen molar-refractivity contribution in [1.29, 1.82) is 0 Å². The number of carbonyl (C=O) groups is 1. The molecule has 0 aliphatic carbocycles. The summed E-state index contributed by atoms with van der Waals surface area (Å²) in [7, 11) is -0.488. The smallest absolute Gasteiger partial charge is 0.251 e. The summed E-state index contributed by atoms with van der Waals surface area (Å²) < 4.78 is 32.5. The van der Waals surface area contributed by atoms with Gasteiger partial charge in [-0.2, -0.15) is 4.31 Å². The second-order valence-electron chi connectivity index (χ2n) is 5.80. The third-order valence-electron chi connectivity index (χ3n) is 4.40. The summed E-state index contributed by atoms with van der Waals surface area (Å²) in [6.45, 7) is 0.474. The minimum absolute atomic E-state index is 0.188. The van der Waals surface area contributed by atoms with Crippen LogP contribution in [-0.4, -0.2) is 39.3 Å². The van der Waals surface area contributed by atoms with E-state index in [1.807, 2.05) is 24.3 Å². The van der Waals surface area contributed by atoms with Crippen LogP contribution in [0.5, 0.6) is 5.75 Å². The maximum atomic E-state index is 12.9. The second-order valence-corrected chi connectivity index (χ2v) is 7.69. The summed E-state index contributed by atoms with van der Waals surface area (Å²) in [5, 5.41) is 2.51. The third kappa shape index (κ3) is 3.25. The molecule has 1 amide bonds. The summed E-state index contributed by atoms with van der Waals surface area (Å²) in [6, 6.07) is 13.2. The second kappa shape index (κ2) is 6.85. The molecule has 1 unspecified atom stereocenters. The Kier molecular flexibility index (Phi) is 4.78. The van der Waals surface area contributed by atoms with Crippen LogP contribution in [0.3, 0.4) is 0 Å². The van der Waals surface area contributed by atoms with Crippen LogP contribution < -0.4 is 10.1 Å². The van der Waals surface area contributed by atoms with Crippen molar-refractivity contribution in [2.45, 2.75) is 17.4 Å². The van der Waals surface area contributed by atoms with Crippen molar-refractivity contribution in [3.63, 3.8) is 0 Å². The Balaban J connectivity index is 1.85. The van der Waals surface area contributed by atoms with Gasteiger partial charge in [0, 0.05) is 19.2 Å². The zero-order valence-corrected chi connectivity index (χ0v) is 14.9. The first-order chi connectivity index (χ1) is 12.0. The lowest BCUT2D eigenvalue weighted by molar-refractivity contribution is 0.0963. The maximum absolute atomic E-state index is 12.9. The van der Waals surface area contributed by atoms with Crippen LogP contribution in [0.1, 0.15) is 28.4 Å². The number of hydrogen-bond donors (Lipinski definition) is 1. The molecule has 25 heavy (non-hydrogen) atoms. The number of carbonyl (C=O) groups excluding carboxylic acids is 1. The summed E-state index contributed by atoms with van der Waals surface area (Å²) in [6.07, 6.45) is 0.767. The number of ether oxygens (including phenoxy) is 1. The van der Waals surface area contributed by atoms with Crippen molar-refractivity contribution in [2.75, 3.05) is 20.7 Å². The highest BCUT2D eigenvalue weighted by atomic mass is 32.2. The van der Waals surface area contributed by atoms with Crippen molar-refractivity contribution in [2.24, 2.45) is 0 Å². The first kappa shape index (κ1) is 17.4. The summed E-state index contributed by atoms with van der Waals surface area (Å²) in [4.78, 5) is 11.8. The Morgan fingerprint density at radius 3 is 2.48 bits per heavy atom. The SMILES string of the molecule is CNC(=O)c1ccc(S(=O)(=O)N2CCC2c2cccc(OC)c2)cc1. The molecule has 0 saturated carbocycles. The predicted molar refractivity (Wildman–Crippen MR) is 94.1 cm³/mol. The molecular weight excluding hydrogens is 340 g/mol. The fourth-order valence-electron chi connectivity index (χ4n) is 2.89.